The van der Waals surface area contributed by atoms with Gasteiger partial charge >= 0.3 is 0 Å². The average molecular weight is 1000 g/mol. The number of aliphatic hydroxyl groups excluding tert-OH is 2. The van der Waals surface area contributed by atoms with E-state index in [1.165, 1.54) is 36.4 Å². The zero-order valence-electron chi connectivity index (χ0n) is 36.8. The molecule has 0 unspecified atom stereocenters. The normalized spacial score (nSPS) is 11.5. The average Bonchev–Trinajstić information content (AvgIpc) is 3.33. The standard InChI is InChI=1S/C42H48N16O10S2/c43-15-17-47-37-53-39(49-29-9-5-27(6-10-29)35(61)45-19-21-59)57-41(55-37)51-31-13-3-25(33(23-31)69(63,64)65)1-2-26-4-14-32(24-34(26)70(66,67)68)52-42-56-38(48-18-16-44)54-40(58-42)50-30-11-7-28(8-12-30)36(62)46-20-22-60/h1-14,23-24,59-60H,15-22,43-44H2,(H,45,61)(H,46,62)(H,63,64,65)(H,66,67,68)(H3,47,49,51,53,55,57)(H3,48,50,52,54,56,58)/b2-1+. The smallest absolute Gasteiger partial charge is 0.295 e. The first-order valence-electron chi connectivity index (χ1n) is 20.9. The van der Waals surface area contributed by atoms with Crippen LogP contribution in [-0.4, -0.2) is 130 Å². The predicted octanol–water partition coefficient (Wildman–Crippen LogP) is 1.88. The second kappa shape index (κ2) is 23.9. The highest BCUT2D eigenvalue weighted by atomic mass is 32.2. The lowest BCUT2D eigenvalue weighted by molar-refractivity contribution is 0.0937. The van der Waals surface area contributed by atoms with Gasteiger partial charge in [-0.05, 0) is 83.9 Å². The molecule has 2 heterocycles. The monoisotopic (exact) mass is 1000 g/mol. The van der Waals surface area contributed by atoms with Crippen molar-refractivity contribution in [3.63, 3.8) is 0 Å². The van der Waals surface area contributed by atoms with Gasteiger partial charge < -0.3 is 64.2 Å². The topological polar surface area (TPSA) is 409 Å². The van der Waals surface area contributed by atoms with Crippen LogP contribution < -0.4 is 54.0 Å². The van der Waals surface area contributed by atoms with Gasteiger partial charge in [0.05, 0.1) is 13.2 Å². The number of rotatable bonds is 24. The summed E-state index contributed by atoms with van der Waals surface area (Å²) in [5.74, 6) is -0.600. The fourth-order valence-electron chi connectivity index (χ4n) is 6.10. The SMILES string of the molecule is NCCNc1nc(Nc2ccc(C(=O)NCCO)cc2)nc(Nc2ccc(/C=C/c3ccc(Nc4nc(NCCN)nc(Nc5ccc(C(=O)NCCO)cc5)n4)cc3S(=O)(=O)O)c(S(=O)(=O)O)c2)n1. The summed E-state index contributed by atoms with van der Waals surface area (Å²) >= 11 is 0. The summed E-state index contributed by atoms with van der Waals surface area (Å²) in [6.07, 6.45) is 2.44. The predicted molar refractivity (Wildman–Crippen MR) is 261 cm³/mol. The number of aromatic nitrogens is 6. The van der Waals surface area contributed by atoms with E-state index in [1.807, 2.05) is 0 Å². The highest BCUT2D eigenvalue weighted by Crippen LogP contribution is 2.29. The van der Waals surface area contributed by atoms with Gasteiger partial charge in [-0.25, -0.2) is 0 Å². The number of carbonyl (C=O) groups is 2. The minimum atomic E-state index is -4.92. The lowest BCUT2D eigenvalue weighted by Crippen LogP contribution is -2.26. The molecule has 0 radical (unpaired) electrons. The number of hydrogen-bond donors (Lipinski definition) is 14. The van der Waals surface area contributed by atoms with E-state index in [0.29, 0.717) is 22.5 Å². The van der Waals surface area contributed by atoms with Crippen LogP contribution in [0.1, 0.15) is 31.8 Å². The van der Waals surface area contributed by atoms with E-state index < -0.39 is 30.0 Å². The first kappa shape index (κ1) is 51.4. The van der Waals surface area contributed by atoms with Crippen molar-refractivity contribution in [1.29, 1.82) is 0 Å². The molecular formula is C42H48N16O10S2. The van der Waals surface area contributed by atoms with Crippen LogP contribution >= 0.6 is 0 Å². The number of aliphatic hydroxyl groups is 2. The Hall–Kier alpha value is -7.96. The number of nitrogens with one attached hydrogen (secondary N) is 8. The molecular weight excluding hydrogens is 953 g/mol. The van der Waals surface area contributed by atoms with E-state index >= 15 is 0 Å². The molecule has 0 aliphatic carbocycles. The molecule has 0 atom stereocenters. The van der Waals surface area contributed by atoms with Crippen molar-refractivity contribution in [2.24, 2.45) is 11.5 Å². The molecule has 0 fully saturated rings. The molecule has 2 aromatic heterocycles. The van der Waals surface area contributed by atoms with Crippen LogP contribution in [0.5, 0.6) is 0 Å². The Morgan fingerprint density at radius 2 is 0.786 bits per heavy atom. The maximum atomic E-state index is 12.7. The molecule has 6 rings (SSSR count). The molecule has 0 aliphatic heterocycles. The highest BCUT2D eigenvalue weighted by molar-refractivity contribution is 7.86. The molecule has 0 bridgehead atoms. The molecule has 28 heteroatoms. The maximum Gasteiger partial charge on any atom is 0.295 e. The van der Waals surface area contributed by atoms with Crippen molar-refractivity contribution in [2.75, 3.05) is 84.4 Å². The van der Waals surface area contributed by atoms with E-state index in [9.17, 15) is 35.5 Å². The number of hydrogen-bond acceptors (Lipinski definition) is 22. The quantitative estimate of drug-likeness (QED) is 0.0304. The third-order valence-electron chi connectivity index (χ3n) is 9.26. The second-order valence-electron chi connectivity index (χ2n) is 14.4. The summed E-state index contributed by atoms with van der Waals surface area (Å²) in [7, 11) is -9.84. The van der Waals surface area contributed by atoms with E-state index in [0.717, 1.165) is 12.1 Å². The Morgan fingerprint density at radius 1 is 0.471 bits per heavy atom. The number of amides is 2. The number of anilines is 10. The van der Waals surface area contributed by atoms with Crippen LogP contribution in [0.4, 0.5) is 58.4 Å². The Morgan fingerprint density at radius 3 is 1.10 bits per heavy atom. The highest BCUT2D eigenvalue weighted by Gasteiger charge is 2.20. The van der Waals surface area contributed by atoms with E-state index in [-0.39, 0.29) is 122 Å². The molecule has 368 valence electrons. The summed E-state index contributed by atoms with van der Waals surface area (Å²) in [6, 6.07) is 20.3. The van der Waals surface area contributed by atoms with Gasteiger partial charge in [0.1, 0.15) is 9.79 Å². The number of nitrogens with two attached hydrogens (primary N) is 2. The molecule has 4 aromatic carbocycles. The van der Waals surface area contributed by atoms with E-state index in [1.54, 1.807) is 48.5 Å². The first-order valence-corrected chi connectivity index (χ1v) is 23.8. The minimum Gasteiger partial charge on any atom is -0.395 e. The van der Waals surface area contributed by atoms with Gasteiger partial charge in [0, 0.05) is 73.1 Å². The minimum absolute atomic E-state index is 0.0434. The van der Waals surface area contributed by atoms with Gasteiger partial charge in [-0.2, -0.15) is 46.7 Å². The lowest BCUT2D eigenvalue weighted by atomic mass is 10.1. The molecule has 0 saturated heterocycles. The molecule has 0 aliphatic rings. The first-order chi connectivity index (χ1) is 33.5. The second-order valence-corrected chi connectivity index (χ2v) is 17.2. The van der Waals surface area contributed by atoms with Gasteiger partial charge in [-0.1, -0.05) is 24.3 Å². The van der Waals surface area contributed by atoms with Crippen LogP contribution in [0.15, 0.2) is 94.7 Å². The summed E-state index contributed by atoms with van der Waals surface area (Å²) in [6.45, 7) is 0.811. The van der Waals surface area contributed by atoms with Crippen LogP contribution in [-0.2, 0) is 20.2 Å². The number of nitrogens with zero attached hydrogens (tertiary/aromatic N) is 6. The molecule has 2 amide bonds. The summed E-state index contributed by atoms with van der Waals surface area (Å²) < 4.78 is 71.5. The van der Waals surface area contributed by atoms with E-state index in [4.69, 9.17) is 21.7 Å². The van der Waals surface area contributed by atoms with Gasteiger partial charge in [-0.3, -0.25) is 18.7 Å². The van der Waals surface area contributed by atoms with Gasteiger partial charge in [0.2, 0.25) is 35.7 Å². The molecule has 6 aromatic rings. The van der Waals surface area contributed by atoms with Crippen LogP contribution in [0, 0.1) is 0 Å². The summed E-state index contributed by atoms with van der Waals surface area (Å²) in [5, 5.41) is 40.8. The Balaban J connectivity index is 1.23. The zero-order valence-corrected chi connectivity index (χ0v) is 38.4. The van der Waals surface area contributed by atoms with Crippen LogP contribution in [0.25, 0.3) is 12.2 Å². The lowest BCUT2D eigenvalue weighted by Gasteiger charge is -2.13. The largest absolute Gasteiger partial charge is 0.395 e. The van der Waals surface area contributed by atoms with Crippen molar-refractivity contribution < 1.29 is 45.7 Å². The van der Waals surface area contributed by atoms with Crippen molar-refractivity contribution >= 4 is 103 Å². The van der Waals surface area contributed by atoms with Crippen molar-refractivity contribution in [3.05, 3.63) is 107 Å². The van der Waals surface area contributed by atoms with Crippen molar-refractivity contribution in [3.8, 4) is 0 Å². The zero-order chi connectivity index (χ0) is 50.3. The van der Waals surface area contributed by atoms with Crippen LogP contribution in [0.3, 0.4) is 0 Å². The maximum absolute atomic E-state index is 12.7. The number of carbonyl (C=O) groups excluding carboxylic acids is 2. The third-order valence-corrected chi connectivity index (χ3v) is 11.1. The van der Waals surface area contributed by atoms with Gasteiger partial charge in [0.25, 0.3) is 32.1 Å². The third kappa shape index (κ3) is 14.8. The van der Waals surface area contributed by atoms with Gasteiger partial charge in [-0.15, -0.1) is 0 Å². The van der Waals surface area contributed by atoms with Crippen molar-refractivity contribution in [2.45, 2.75) is 9.79 Å². The molecule has 70 heavy (non-hydrogen) atoms. The Kier molecular flexibility index (Phi) is 17.5. The molecule has 0 spiro atoms. The summed E-state index contributed by atoms with van der Waals surface area (Å²) in [5.41, 5.74) is 13.1. The van der Waals surface area contributed by atoms with Crippen molar-refractivity contribution in [1.82, 2.24) is 40.5 Å². The van der Waals surface area contributed by atoms with Gasteiger partial charge in [0.15, 0.2) is 0 Å². The fraction of sp³-hybridized carbons (Fsp3) is 0.190. The molecule has 16 N–H and O–H groups in total. The van der Waals surface area contributed by atoms with E-state index in [2.05, 4.69) is 72.4 Å². The Labute approximate surface area is 400 Å². The molecule has 26 nitrogen and oxygen atoms in total. The summed E-state index contributed by atoms with van der Waals surface area (Å²) in [4.78, 5) is 49.4. The Bertz CT molecular complexity index is 2850. The molecule has 0 saturated carbocycles. The number of benzene rings is 4. The van der Waals surface area contributed by atoms with Crippen LogP contribution in [0.2, 0.25) is 0 Å². The fourth-order valence-corrected chi connectivity index (χ4v) is 7.52.